The Hall–Kier alpha value is -1.56. The summed E-state index contributed by atoms with van der Waals surface area (Å²) in [6.45, 7) is 5.93. The Bertz CT molecular complexity index is 669. The third-order valence-corrected chi connectivity index (χ3v) is 5.31. The molecule has 2 heterocycles. The lowest BCUT2D eigenvalue weighted by molar-refractivity contribution is -0.139. The van der Waals surface area contributed by atoms with Crippen LogP contribution in [0.5, 0.6) is 5.75 Å². The minimum Gasteiger partial charge on any atom is -0.481 e. The van der Waals surface area contributed by atoms with Crippen LogP contribution < -0.4 is 4.74 Å². The van der Waals surface area contributed by atoms with Crippen LogP contribution in [0.25, 0.3) is 0 Å². The lowest BCUT2D eigenvalue weighted by atomic mass is 10.2. The first-order chi connectivity index (χ1) is 11.6. The SMILES string of the molecule is CC(Oc1ccccc1)C(=O)N1CCN(Cc2ccc(Cl)s2)CC1. The minimum absolute atomic E-state index is 0.0534. The number of piperazine rings is 1. The average Bonchev–Trinajstić information content (AvgIpc) is 3.00. The van der Waals surface area contributed by atoms with Gasteiger partial charge in [-0.2, -0.15) is 0 Å². The highest BCUT2D eigenvalue weighted by Gasteiger charge is 2.26. The highest BCUT2D eigenvalue weighted by atomic mass is 35.5. The number of para-hydroxylation sites is 1. The summed E-state index contributed by atoms with van der Waals surface area (Å²) in [6.07, 6.45) is -0.463. The first kappa shape index (κ1) is 17.3. The fraction of sp³-hybridized carbons (Fsp3) is 0.389. The van der Waals surface area contributed by atoms with Crippen LogP contribution in [0, 0.1) is 0 Å². The molecule has 1 aliphatic rings. The molecule has 24 heavy (non-hydrogen) atoms. The molecule has 0 aliphatic carbocycles. The Kier molecular flexibility index (Phi) is 5.76. The molecule has 2 aromatic rings. The van der Waals surface area contributed by atoms with Gasteiger partial charge in [-0.3, -0.25) is 9.69 Å². The summed E-state index contributed by atoms with van der Waals surface area (Å²) in [5, 5.41) is 0. The zero-order valence-electron chi connectivity index (χ0n) is 13.7. The van der Waals surface area contributed by atoms with Crippen molar-refractivity contribution in [1.82, 2.24) is 9.80 Å². The van der Waals surface area contributed by atoms with Crippen LogP contribution in [0.1, 0.15) is 11.8 Å². The molecule has 0 spiro atoms. The number of amides is 1. The van der Waals surface area contributed by atoms with E-state index in [-0.39, 0.29) is 5.91 Å². The van der Waals surface area contributed by atoms with E-state index in [0.29, 0.717) is 0 Å². The van der Waals surface area contributed by atoms with Gasteiger partial charge in [0.15, 0.2) is 6.10 Å². The molecule has 1 unspecified atom stereocenters. The van der Waals surface area contributed by atoms with E-state index >= 15 is 0 Å². The van der Waals surface area contributed by atoms with E-state index in [9.17, 15) is 4.79 Å². The van der Waals surface area contributed by atoms with Crippen molar-refractivity contribution >= 4 is 28.8 Å². The summed E-state index contributed by atoms with van der Waals surface area (Å²) in [5.41, 5.74) is 0. The van der Waals surface area contributed by atoms with E-state index < -0.39 is 6.10 Å². The molecule has 1 aliphatic heterocycles. The Balaban J connectivity index is 1.47. The third-order valence-electron chi connectivity index (χ3n) is 4.10. The van der Waals surface area contributed by atoms with E-state index in [2.05, 4.69) is 11.0 Å². The zero-order chi connectivity index (χ0) is 16.9. The minimum atomic E-state index is -0.463. The van der Waals surface area contributed by atoms with Crippen LogP contribution in [0.2, 0.25) is 4.34 Å². The number of rotatable bonds is 5. The van der Waals surface area contributed by atoms with Crippen LogP contribution in [0.15, 0.2) is 42.5 Å². The van der Waals surface area contributed by atoms with E-state index in [1.807, 2.05) is 48.2 Å². The second kappa shape index (κ2) is 8.01. The molecular formula is C18H21ClN2O2S. The van der Waals surface area contributed by atoms with Crippen molar-refractivity contribution in [1.29, 1.82) is 0 Å². The monoisotopic (exact) mass is 364 g/mol. The normalized spacial score (nSPS) is 16.8. The second-order valence-corrected chi connectivity index (χ2v) is 7.68. The van der Waals surface area contributed by atoms with Gasteiger partial charge in [0.1, 0.15) is 5.75 Å². The number of carbonyl (C=O) groups excluding carboxylic acids is 1. The maximum absolute atomic E-state index is 12.5. The summed E-state index contributed by atoms with van der Waals surface area (Å²) in [5.74, 6) is 0.782. The maximum atomic E-state index is 12.5. The van der Waals surface area contributed by atoms with Gasteiger partial charge in [-0.15, -0.1) is 11.3 Å². The number of nitrogens with zero attached hydrogens (tertiary/aromatic N) is 2. The predicted molar refractivity (Wildman–Crippen MR) is 97.7 cm³/mol. The molecule has 1 atom stereocenters. The van der Waals surface area contributed by atoms with Crippen molar-refractivity contribution < 1.29 is 9.53 Å². The summed E-state index contributed by atoms with van der Waals surface area (Å²) in [6, 6.07) is 13.5. The summed E-state index contributed by atoms with van der Waals surface area (Å²) < 4.78 is 6.56. The largest absolute Gasteiger partial charge is 0.481 e. The van der Waals surface area contributed by atoms with Crippen LogP contribution in [0.3, 0.4) is 0 Å². The van der Waals surface area contributed by atoms with Gasteiger partial charge in [-0.1, -0.05) is 29.8 Å². The molecule has 128 valence electrons. The Morgan fingerprint density at radius 2 is 1.88 bits per heavy atom. The lowest BCUT2D eigenvalue weighted by Gasteiger charge is -2.35. The van der Waals surface area contributed by atoms with Gasteiger partial charge in [0, 0.05) is 37.6 Å². The molecule has 0 bridgehead atoms. The summed E-state index contributed by atoms with van der Waals surface area (Å²) >= 11 is 7.60. The molecule has 6 heteroatoms. The fourth-order valence-corrected chi connectivity index (χ4v) is 3.92. The van der Waals surface area contributed by atoms with E-state index in [0.717, 1.165) is 42.8 Å². The van der Waals surface area contributed by atoms with E-state index in [1.54, 1.807) is 11.3 Å². The molecule has 0 radical (unpaired) electrons. The standard InChI is InChI=1S/C18H21ClN2O2S/c1-14(23-15-5-3-2-4-6-15)18(22)21-11-9-20(10-12-21)13-16-7-8-17(19)24-16/h2-8,14H,9-13H2,1H3. The van der Waals surface area contributed by atoms with Gasteiger partial charge < -0.3 is 9.64 Å². The Labute approximate surface area is 151 Å². The van der Waals surface area contributed by atoms with Crippen molar-refractivity contribution in [2.24, 2.45) is 0 Å². The van der Waals surface area contributed by atoms with Crippen LogP contribution in [-0.2, 0) is 11.3 Å². The zero-order valence-corrected chi connectivity index (χ0v) is 15.2. The molecular weight excluding hydrogens is 344 g/mol. The fourth-order valence-electron chi connectivity index (χ4n) is 2.79. The molecule has 3 rings (SSSR count). The lowest BCUT2D eigenvalue weighted by Crippen LogP contribution is -2.51. The number of hydrogen-bond acceptors (Lipinski definition) is 4. The van der Waals surface area contributed by atoms with E-state index in [1.165, 1.54) is 4.88 Å². The van der Waals surface area contributed by atoms with Crippen LogP contribution in [0.4, 0.5) is 0 Å². The van der Waals surface area contributed by atoms with Gasteiger partial charge >= 0.3 is 0 Å². The Morgan fingerprint density at radius 3 is 2.50 bits per heavy atom. The van der Waals surface area contributed by atoms with Gasteiger partial charge in [0.05, 0.1) is 4.34 Å². The number of ether oxygens (including phenoxy) is 1. The van der Waals surface area contributed by atoms with Crippen molar-refractivity contribution in [3.8, 4) is 5.75 Å². The first-order valence-electron chi connectivity index (χ1n) is 8.09. The highest BCUT2D eigenvalue weighted by Crippen LogP contribution is 2.23. The third kappa shape index (κ3) is 4.50. The molecule has 0 saturated carbocycles. The summed E-state index contributed by atoms with van der Waals surface area (Å²) in [4.78, 5) is 18.1. The number of benzene rings is 1. The second-order valence-electron chi connectivity index (χ2n) is 5.88. The number of hydrogen-bond donors (Lipinski definition) is 0. The van der Waals surface area contributed by atoms with Gasteiger partial charge in [-0.25, -0.2) is 0 Å². The molecule has 1 aromatic carbocycles. The van der Waals surface area contributed by atoms with Crippen molar-refractivity contribution in [2.45, 2.75) is 19.6 Å². The predicted octanol–water partition coefficient (Wildman–Crippen LogP) is 3.51. The quantitative estimate of drug-likeness (QED) is 0.813. The topological polar surface area (TPSA) is 32.8 Å². The van der Waals surface area contributed by atoms with Crippen molar-refractivity contribution in [3.05, 3.63) is 51.7 Å². The van der Waals surface area contributed by atoms with Gasteiger partial charge in [-0.05, 0) is 31.2 Å². The number of carbonyl (C=O) groups is 1. The van der Waals surface area contributed by atoms with Crippen molar-refractivity contribution in [2.75, 3.05) is 26.2 Å². The van der Waals surface area contributed by atoms with Gasteiger partial charge in [0.2, 0.25) is 0 Å². The smallest absolute Gasteiger partial charge is 0.263 e. The molecule has 1 saturated heterocycles. The van der Waals surface area contributed by atoms with Crippen molar-refractivity contribution in [3.63, 3.8) is 0 Å². The Morgan fingerprint density at radius 1 is 1.17 bits per heavy atom. The number of halogens is 1. The molecule has 0 N–H and O–H groups in total. The molecule has 1 amide bonds. The van der Waals surface area contributed by atoms with Gasteiger partial charge in [0.25, 0.3) is 5.91 Å². The highest BCUT2D eigenvalue weighted by molar-refractivity contribution is 7.16. The number of thiophene rings is 1. The average molecular weight is 365 g/mol. The summed E-state index contributed by atoms with van der Waals surface area (Å²) in [7, 11) is 0. The van der Waals surface area contributed by atoms with Crippen LogP contribution >= 0.6 is 22.9 Å². The molecule has 1 fully saturated rings. The van der Waals surface area contributed by atoms with Crippen LogP contribution in [-0.4, -0.2) is 48.0 Å². The first-order valence-corrected chi connectivity index (χ1v) is 9.28. The maximum Gasteiger partial charge on any atom is 0.263 e. The van der Waals surface area contributed by atoms with E-state index in [4.69, 9.17) is 16.3 Å². The molecule has 1 aromatic heterocycles. The molecule has 4 nitrogen and oxygen atoms in total.